The molecule has 0 aliphatic heterocycles. The van der Waals surface area contributed by atoms with Crippen molar-refractivity contribution in [2.75, 3.05) is 13.7 Å². The zero-order valence-electron chi connectivity index (χ0n) is 13.0. The van der Waals surface area contributed by atoms with Crippen LogP contribution in [0.1, 0.15) is 37.0 Å². The quantitative estimate of drug-likeness (QED) is 0.740. The van der Waals surface area contributed by atoms with Crippen LogP contribution in [0.3, 0.4) is 0 Å². The standard InChI is InChI=1S/C19H24O2/c1-4-21-19(17-13-9-6-10-14-17)18(15(2)20-3)16-11-7-5-8-12-16/h5-15,18-19H,4H2,1-3H3/t15-,18+,19+/m1/s1. The number of benzene rings is 2. The van der Waals surface area contributed by atoms with Crippen LogP contribution in [0.5, 0.6) is 0 Å². The molecule has 0 fully saturated rings. The van der Waals surface area contributed by atoms with Gasteiger partial charge in [0, 0.05) is 19.6 Å². The van der Waals surface area contributed by atoms with Crippen molar-refractivity contribution in [3.8, 4) is 0 Å². The van der Waals surface area contributed by atoms with Crippen molar-refractivity contribution < 1.29 is 9.47 Å². The molecule has 2 heteroatoms. The first-order chi connectivity index (χ1) is 10.3. The molecule has 3 atom stereocenters. The molecule has 112 valence electrons. The Morgan fingerprint density at radius 3 is 1.86 bits per heavy atom. The molecular formula is C19H24O2. The van der Waals surface area contributed by atoms with Crippen molar-refractivity contribution in [2.45, 2.75) is 32.0 Å². The number of hydrogen-bond donors (Lipinski definition) is 0. The number of ether oxygens (including phenoxy) is 2. The average molecular weight is 284 g/mol. The first-order valence-corrected chi connectivity index (χ1v) is 7.52. The third-order valence-corrected chi connectivity index (χ3v) is 3.86. The van der Waals surface area contributed by atoms with E-state index in [0.29, 0.717) is 6.61 Å². The first-order valence-electron chi connectivity index (χ1n) is 7.52. The van der Waals surface area contributed by atoms with Gasteiger partial charge in [-0.15, -0.1) is 0 Å². The number of hydrogen-bond acceptors (Lipinski definition) is 2. The Kier molecular flexibility index (Phi) is 5.97. The summed E-state index contributed by atoms with van der Waals surface area (Å²) in [5.41, 5.74) is 2.44. The maximum atomic E-state index is 6.09. The summed E-state index contributed by atoms with van der Waals surface area (Å²) in [6, 6.07) is 20.9. The Labute approximate surface area is 127 Å². The minimum atomic E-state index is -0.00597. The summed E-state index contributed by atoms with van der Waals surface area (Å²) in [6.45, 7) is 4.82. The fourth-order valence-corrected chi connectivity index (χ4v) is 2.74. The van der Waals surface area contributed by atoms with Gasteiger partial charge < -0.3 is 9.47 Å². The Morgan fingerprint density at radius 2 is 1.38 bits per heavy atom. The van der Waals surface area contributed by atoms with Gasteiger partial charge in [-0.1, -0.05) is 60.7 Å². The van der Waals surface area contributed by atoms with E-state index in [9.17, 15) is 0 Å². The second-order valence-electron chi connectivity index (χ2n) is 5.16. The number of methoxy groups -OCH3 is 1. The lowest BCUT2D eigenvalue weighted by Gasteiger charge is -2.31. The Balaban J connectivity index is 2.41. The van der Waals surface area contributed by atoms with Crippen molar-refractivity contribution in [1.29, 1.82) is 0 Å². The SMILES string of the molecule is CCO[C@@H](c1ccccc1)[C@H](c1ccccc1)[C@@H](C)OC. The Hall–Kier alpha value is -1.64. The normalized spacial score (nSPS) is 15.4. The lowest BCUT2D eigenvalue weighted by Crippen LogP contribution is -2.26. The third-order valence-electron chi connectivity index (χ3n) is 3.86. The molecule has 0 unspecified atom stereocenters. The summed E-state index contributed by atoms with van der Waals surface area (Å²) < 4.78 is 11.7. The van der Waals surface area contributed by atoms with E-state index in [2.05, 4.69) is 55.5 Å². The van der Waals surface area contributed by atoms with Gasteiger partial charge >= 0.3 is 0 Å². The van der Waals surface area contributed by atoms with Gasteiger partial charge in [-0.25, -0.2) is 0 Å². The minimum Gasteiger partial charge on any atom is -0.381 e. The summed E-state index contributed by atoms with van der Waals surface area (Å²) in [4.78, 5) is 0. The van der Waals surface area contributed by atoms with Crippen LogP contribution in [0.2, 0.25) is 0 Å². The van der Waals surface area contributed by atoms with Crippen LogP contribution < -0.4 is 0 Å². The highest BCUT2D eigenvalue weighted by molar-refractivity contribution is 5.28. The fourth-order valence-electron chi connectivity index (χ4n) is 2.74. The zero-order valence-corrected chi connectivity index (χ0v) is 13.0. The van der Waals surface area contributed by atoms with Gasteiger partial charge in [0.05, 0.1) is 12.2 Å². The summed E-state index contributed by atoms with van der Waals surface area (Å²) in [6.07, 6.45) is 0.0673. The van der Waals surface area contributed by atoms with E-state index in [1.54, 1.807) is 7.11 Å². The molecular weight excluding hydrogens is 260 g/mol. The molecule has 0 saturated heterocycles. The lowest BCUT2D eigenvalue weighted by molar-refractivity contribution is -0.0120. The summed E-state index contributed by atoms with van der Waals surface area (Å²) >= 11 is 0. The van der Waals surface area contributed by atoms with E-state index in [0.717, 1.165) is 0 Å². The second-order valence-corrected chi connectivity index (χ2v) is 5.16. The van der Waals surface area contributed by atoms with Gasteiger partial charge in [0.25, 0.3) is 0 Å². The molecule has 0 saturated carbocycles. The van der Waals surface area contributed by atoms with E-state index >= 15 is 0 Å². The summed E-state index contributed by atoms with van der Waals surface area (Å²) in [7, 11) is 1.76. The molecule has 21 heavy (non-hydrogen) atoms. The van der Waals surface area contributed by atoms with E-state index in [1.165, 1.54) is 11.1 Å². The fraction of sp³-hybridized carbons (Fsp3) is 0.368. The highest BCUT2D eigenvalue weighted by Gasteiger charge is 2.30. The van der Waals surface area contributed by atoms with Crippen molar-refractivity contribution in [1.82, 2.24) is 0 Å². The minimum absolute atomic E-state index is 0.00597. The van der Waals surface area contributed by atoms with E-state index < -0.39 is 0 Å². The molecule has 0 aromatic heterocycles. The predicted molar refractivity (Wildman–Crippen MR) is 86.5 cm³/mol. The second kappa shape index (κ2) is 7.96. The Bertz CT molecular complexity index is 510. The summed E-state index contributed by atoms with van der Waals surface area (Å²) in [5.74, 6) is 0.165. The maximum Gasteiger partial charge on any atom is 0.0918 e. The molecule has 0 aliphatic carbocycles. The van der Waals surface area contributed by atoms with E-state index in [-0.39, 0.29) is 18.1 Å². The molecule has 0 N–H and O–H groups in total. The number of rotatable bonds is 7. The molecule has 0 bridgehead atoms. The van der Waals surface area contributed by atoms with Gasteiger partial charge in [-0.2, -0.15) is 0 Å². The third kappa shape index (κ3) is 3.93. The van der Waals surface area contributed by atoms with Gasteiger partial charge in [0.1, 0.15) is 0 Å². The van der Waals surface area contributed by atoms with Gasteiger partial charge in [0.2, 0.25) is 0 Å². The topological polar surface area (TPSA) is 18.5 Å². The van der Waals surface area contributed by atoms with Crippen LogP contribution in [-0.4, -0.2) is 19.8 Å². The van der Waals surface area contributed by atoms with Crippen LogP contribution in [0.25, 0.3) is 0 Å². The van der Waals surface area contributed by atoms with Gasteiger partial charge in [0.15, 0.2) is 0 Å². The van der Waals surface area contributed by atoms with E-state index in [1.807, 2.05) is 19.1 Å². The largest absolute Gasteiger partial charge is 0.381 e. The van der Waals surface area contributed by atoms with Gasteiger partial charge in [-0.3, -0.25) is 0 Å². The van der Waals surface area contributed by atoms with Crippen LogP contribution in [-0.2, 0) is 9.47 Å². The molecule has 0 heterocycles. The smallest absolute Gasteiger partial charge is 0.0918 e. The van der Waals surface area contributed by atoms with Crippen LogP contribution in [0.4, 0.5) is 0 Å². The molecule has 0 radical (unpaired) electrons. The highest BCUT2D eigenvalue weighted by atomic mass is 16.5. The van der Waals surface area contributed by atoms with Gasteiger partial charge in [-0.05, 0) is 25.0 Å². The first kappa shape index (κ1) is 15.7. The zero-order chi connectivity index (χ0) is 15.1. The highest BCUT2D eigenvalue weighted by Crippen LogP contribution is 2.37. The van der Waals surface area contributed by atoms with Crippen molar-refractivity contribution in [3.05, 3.63) is 71.8 Å². The lowest BCUT2D eigenvalue weighted by atomic mass is 9.85. The van der Waals surface area contributed by atoms with Crippen LogP contribution >= 0.6 is 0 Å². The van der Waals surface area contributed by atoms with Crippen molar-refractivity contribution >= 4 is 0 Å². The Morgan fingerprint density at radius 1 is 0.857 bits per heavy atom. The molecule has 2 nitrogen and oxygen atoms in total. The monoisotopic (exact) mass is 284 g/mol. The molecule has 2 aromatic rings. The van der Waals surface area contributed by atoms with Crippen LogP contribution in [0.15, 0.2) is 60.7 Å². The predicted octanol–water partition coefficient (Wildman–Crippen LogP) is 4.58. The molecule has 0 amide bonds. The van der Waals surface area contributed by atoms with Crippen molar-refractivity contribution in [2.24, 2.45) is 0 Å². The van der Waals surface area contributed by atoms with Crippen LogP contribution in [0, 0.1) is 0 Å². The molecule has 0 spiro atoms. The maximum absolute atomic E-state index is 6.09. The van der Waals surface area contributed by atoms with Crippen molar-refractivity contribution in [3.63, 3.8) is 0 Å². The molecule has 2 rings (SSSR count). The summed E-state index contributed by atoms with van der Waals surface area (Å²) in [5, 5.41) is 0. The molecule has 0 aliphatic rings. The molecule has 2 aromatic carbocycles. The average Bonchev–Trinajstić information content (AvgIpc) is 2.56. The van der Waals surface area contributed by atoms with E-state index in [4.69, 9.17) is 9.47 Å².